The molecule has 7 atom stereocenters. The number of aromatic amines is 1. The molecule has 3 heterocycles. The maximum atomic E-state index is 13.5. The molecule has 1 aromatic heterocycles. The molecule has 11 heteroatoms. The molecule has 2 aromatic rings. The number of nitrogens with one attached hydrogen (secondary N) is 1. The molecular weight excluding hydrogens is 504 g/mol. The number of nitrogens with zero attached hydrogens (tertiary/aromatic N) is 1. The quantitative estimate of drug-likeness (QED) is 0.465. The van der Waals surface area contributed by atoms with Gasteiger partial charge in [0.15, 0.2) is 11.5 Å². The van der Waals surface area contributed by atoms with E-state index in [-0.39, 0.29) is 76.7 Å². The molecule has 0 radical (unpaired) electrons. The fourth-order valence-electron chi connectivity index (χ4n) is 7.06. The SMILES string of the molecule is CCOc1cc(C2c3sc(=O)[nH]c3SC3C4CC(C5C(=O)N(CCCC(=O)O)C(=O)C45)[C@@H]23)ccc1O. The average Bonchev–Trinajstić information content (AvgIpc) is 3.56. The number of aliphatic carboxylic acids is 1. The first-order valence-corrected chi connectivity index (χ1v) is 13.9. The number of aromatic hydroxyl groups is 1. The number of imide groups is 1. The van der Waals surface area contributed by atoms with Crippen LogP contribution in [0.25, 0.3) is 0 Å². The number of H-pyrrole nitrogens is 1. The molecule has 2 aliphatic carbocycles. The van der Waals surface area contributed by atoms with Gasteiger partial charge in [-0.3, -0.25) is 24.1 Å². The molecule has 2 bridgehead atoms. The zero-order valence-electron chi connectivity index (χ0n) is 19.5. The van der Waals surface area contributed by atoms with Crippen LogP contribution in [0.2, 0.25) is 0 Å². The summed E-state index contributed by atoms with van der Waals surface area (Å²) < 4.78 is 5.63. The summed E-state index contributed by atoms with van der Waals surface area (Å²) in [6.07, 6.45) is 0.946. The highest BCUT2D eigenvalue weighted by Crippen LogP contribution is 2.68. The lowest BCUT2D eigenvalue weighted by Gasteiger charge is -2.43. The third kappa shape index (κ3) is 3.42. The topological polar surface area (TPSA) is 137 Å². The number of ether oxygens (including phenoxy) is 1. The number of rotatable bonds is 7. The fourth-order valence-corrected chi connectivity index (χ4v) is 9.94. The summed E-state index contributed by atoms with van der Waals surface area (Å²) in [6.45, 7) is 2.38. The van der Waals surface area contributed by atoms with Crippen LogP contribution in [0.1, 0.15) is 42.5 Å². The van der Waals surface area contributed by atoms with Gasteiger partial charge < -0.3 is 19.9 Å². The van der Waals surface area contributed by atoms with E-state index in [2.05, 4.69) is 4.98 Å². The molecule has 3 fully saturated rings. The Bertz CT molecular complexity index is 1320. The Morgan fingerprint density at radius 3 is 2.67 bits per heavy atom. The number of likely N-dealkylation sites (tertiary alicyclic amines) is 1. The van der Waals surface area contributed by atoms with Crippen LogP contribution in [0.15, 0.2) is 28.0 Å². The normalized spacial score (nSPS) is 31.9. The van der Waals surface area contributed by atoms with E-state index < -0.39 is 11.9 Å². The Labute approximate surface area is 214 Å². The number of thiazole rings is 1. The third-order valence-electron chi connectivity index (χ3n) is 8.23. The van der Waals surface area contributed by atoms with Gasteiger partial charge in [-0.25, -0.2) is 0 Å². The molecule has 2 amide bonds. The Kier molecular flexibility index (Phi) is 5.67. The minimum Gasteiger partial charge on any atom is -0.504 e. The number of carbonyl (C=O) groups excluding carboxylic acids is 2. The van der Waals surface area contributed by atoms with E-state index in [9.17, 15) is 24.3 Å². The number of thioether (sulfide) groups is 1. The number of amides is 2. The minimum absolute atomic E-state index is 0.0125. The van der Waals surface area contributed by atoms with Crippen molar-refractivity contribution in [3.8, 4) is 11.5 Å². The van der Waals surface area contributed by atoms with Crippen LogP contribution in [-0.4, -0.2) is 56.3 Å². The summed E-state index contributed by atoms with van der Waals surface area (Å²) in [5.41, 5.74) is 0.919. The summed E-state index contributed by atoms with van der Waals surface area (Å²) in [5, 5.41) is 20.1. The van der Waals surface area contributed by atoms with Gasteiger partial charge >= 0.3 is 10.8 Å². The highest BCUT2D eigenvalue weighted by molar-refractivity contribution is 8.00. The van der Waals surface area contributed by atoms with Crippen molar-refractivity contribution in [1.29, 1.82) is 0 Å². The Balaban J connectivity index is 1.38. The van der Waals surface area contributed by atoms with Crippen molar-refractivity contribution in [2.45, 2.75) is 42.4 Å². The molecule has 2 saturated carbocycles. The van der Waals surface area contributed by atoms with Crippen molar-refractivity contribution in [3.63, 3.8) is 0 Å². The molecule has 1 saturated heterocycles. The number of phenols is 1. The van der Waals surface area contributed by atoms with Gasteiger partial charge in [0.25, 0.3) is 0 Å². The lowest BCUT2D eigenvalue weighted by Crippen LogP contribution is -2.42. The van der Waals surface area contributed by atoms with E-state index >= 15 is 0 Å². The number of phenolic OH excluding ortho intramolecular Hbond substituents is 1. The molecule has 2 aliphatic heterocycles. The summed E-state index contributed by atoms with van der Waals surface area (Å²) in [4.78, 5) is 55.2. The second-order valence-electron chi connectivity index (χ2n) is 9.95. The molecule has 190 valence electrons. The molecule has 36 heavy (non-hydrogen) atoms. The Hall–Kier alpha value is -2.79. The second-order valence-corrected chi connectivity index (χ2v) is 12.1. The maximum Gasteiger partial charge on any atom is 0.305 e. The first-order chi connectivity index (χ1) is 17.3. The van der Waals surface area contributed by atoms with E-state index in [4.69, 9.17) is 9.84 Å². The Morgan fingerprint density at radius 2 is 1.94 bits per heavy atom. The van der Waals surface area contributed by atoms with Gasteiger partial charge in [-0.1, -0.05) is 17.4 Å². The number of carboxylic acid groups (broad SMARTS) is 1. The van der Waals surface area contributed by atoms with E-state index in [1.807, 2.05) is 19.1 Å². The summed E-state index contributed by atoms with van der Waals surface area (Å²) in [6, 6.07) is 5.29. The standard InChI is InChI=1S/C25H26N2O7S2/c1-2-34-14-8-10(5-6-13(14)28)16-17-11-9-12(20(17)35-22-21(16)36-25(33)26-22)19-18(11)23(31)27(24(19)32)7-3-4-15(29)30/h5-6,8,11-12,16-20,28H,2-4,7,9H2,1H3,(H,26,33)(H,29,30)/t11?,12?,16?,17-,18?,19?,20?/m0/s1. The van der Waals surface area contributed by atoms with Crippen LogP contribution >= 0.6 is 23.1 Å². The monoisotopic (exact) mass is 530 g/mol. The van der Waals surface area contributed by atoms with Gasteiger partial charge in [0.2, 0.25) is 11.8 Å². The number of fused-ring (bicyclic) bond motifs is 9. The van der Waals surface area contributed by atoms with Crippen molar-refractivity contribution in [1.82, 2.24) is 9.88 Å². The zero-order valence-corrected chi connectivity index (χ0v) is 21.1. The molecule has 9 nitrogen and oxygen atoms in total. The van der Waals surface area contributed by atoms with E-state index in [1.54, 1.807) is 17.8 Å². The number of carbonyl (C=O) groups is 3. The lowest BCUT2D eigenvalue weighted by molar-refractivity contribution is -0.142. The van der Waals surface area contributed by atoms with Crippen LogP contribution in [0.3, 0.4) is 0 Å². The summed E-state index contributed by atoms with van der Waals surface area (Å²) in [5.74, 6) is -1.77. The lowest BCUT2D eigenvalue weighted by atomic mass is 9.68. The first-order valence-electron chi connectivity index (χ1n) is 12.2. The van der Waals surface area contributed by atoms with Gasteiger partial charge in [0.1, 0.15) is 0 Å². The van der Waals surface area contributed by atoms with Crippen molar-refractivity contribution in [3.05, 3.63) is 38.3 Å². The number of hydrogen-bond acceptors (Lipinski definition) is 8. The predicted molar refractivity (Wildman–Crippen MR) is 131 cm³/mol. The van der Waals surface area contributed by atoms with E-state index in [1.165, 1.54) is 16.2 Å². The highest BCUT2D eigenvalue weighted by atomic mass is 32.2. The van der Waals surface area contributed by atoms with Crippen LogP contribution in [-0.2, 0) is 14.4 Å². The fraction of sp³-hybridized carbons (Fsp3) is 0.520. The largest absolute Gasteiger partial charge is 0.504 e. The molecule has 4 aliphatic rings. The maximum absolute atomic E-state index is 13.5. The number of benzene rings is 1. The Morgan fingerprint density at radius 1 is 1.19 bits per heavy atom. The predicted octanol–water partition coefficient (Wildman–Crippen LogP) is 2.88. The van der Waals surface area contributed by atoms with Gasteiger partial charge in [0.05, 0.1) is 23.5 Å². The van der Waals surface area contributed by atoms with Crippen LogP contribution in [0.4, 0.5) is 0 Å². The molecule has 3 N–H and O–H groups in total. The first kappa shape index (κ1) is 23.6. The van der Waals surface area contributed by atoms with Crippen LogP contribution < -0.4 is 9.61 Å². The number of aromatic nitrogens is 1. The molecule has 1 aromatic carbocycles. The summed E-state index contributed by atoms with van der Waals surface area (Å²) >= 11 is 2.80. The van der Waals surface area contributed by atoms with Crippen molar-refractivity contribution in [2.24, 2.45) is 29.6 Å². The van der Waals surface area contributed by atoms with Gasteiger partial charge in [-0.15, -0.1) is 11.8 Å². The molecular formula is C25H26N2O7S2. The van der Waals surface area contributed by atoms with E-state index in [0.717, 1.165) is 21.9 Å². The molecule has 0 spiro atoms. The average molecular weight is 531 g/mol. The van der Waals surface area contributed by atoms with Crippen LogP contribution in [0, 0.1) is 29.6 Å². The van der Waals surface area contributed by atoms with Crippen LogP contribution in [0.5, 0.6) is 11.5 Å². The number of carboxylic acids is 1. The minimum atomic E-state index is -0.944. The third-order valence-corrected chi connectivity index (χ3v) is 10.8. The number of hydrogen-bond donors (Lipinski definition) is 3. The van der Waals surface area contributed by atoms with Gasteiger partial charge in [-0.2, -0.15) is 0 Å². The summed E-state index contributed by atoms with van der Waals surface area (Å²) in [7, 11) is 0. The van der Waals surface area contributed by atoms with Gasteiger partial charge in [0, 0.05) is 29.0 Å². The van der Waals surface area contributed by atoms with E-state index in [0.29, 0.717) is 12.4 Å². The highest BCUT2D eigenvalue weighted by Gasteiger charge is 2.69. The molecule has 6 rings (SSSR count). The molecule has 6 unspecified atom stereocenters. The smallest absolute Gasteiger partial charge is 0.305 e. The van der Waals surface area contributed by atoms with Crippen molar-refractivity contribution in [2.75, 3.05) is 13.2 Å². The second kappa shape index (κ2) is 8.65. The van der Waals surface area contributed by atoms with Crippen molar-refractivity contribution >= 4 is 40.9 Å². The van der Waals surface area contributed by atoms with Crippen molar-refractivity contribution < 1.29 is 29.3 Å². The zero-order chi connectivity index (χ0) is 25.3. The van der Waals surface area contributed by atoms with Gasteiger partial charge in [-0.05, 0) is 55.2 Å².